The minimum absolute atomic E-state index is 0.133. The molecule has 6 nitrogen and oxygen atoms in total. The number of imidazole rings is 1. The summed E-state index contributed by atoms with van der Waals surface area (Å²) in [4.78, 5) is 29.2. The molecule has 17 heavy (non-hydrogen) atoms. The topological polar surface area (TPSA) is 72.7 Å². The third kappa shape index (κ3) is 2.15. The van der Waals surface area contributed by atoms with Crippen LogP contribution in [0.15, 0.2) is 15.9 Å². The van der Waals surface area contributed by atoms with Gasteiger partial charge in [-0.05, 0) is 13.8 Å². The Kier molecular flexibility index (Phi) is 3.88. The first kappa shape index (κ1) is 13.2. The molecule has 6 heteroatoms. The third-order valence-electron chi connectivity index (χ3n) is 2.39. The van der Waals surface area contributed by atoms with Gasteiger partial charge in [0.2, 0.25) is 0 Å². The van der Waals surface area contributed by atoms with Crippen LogP contribution in [0, 0.1) is 0 Å². The van der Waals surface area contributed by atoms with Crippen molar-refractivity contribution in [2.45, 2.75) is 33.7 Å². The largest absolute Gasteiger partial charge is 0.329 e. The van der Waals surface area contributed by atoms with E-state index in [9.17, 15) is 9.59 Å². The maximum Gasteiger partial charge on any atom is 0.329 e. The molecule has 0 saturated heterocycles. The Morgan fingerprint density at radius 1 is 1.29 bits per heavy atom. The summed E-state index contributed by atoms with van der Waals surface area (Å²) in [5, 5.41) is 0. The highest BCUT2D eigenvalue weighted by Gasteiger charge is 2.12. The zero-order valence-electron chi connectivity index (χ0n) is 10.8. The summed E-state index contributed by atoms with van der Waals surface area (Å²) in [6, 6.07) is 0.133. The first-order valence-corrected chi connectivity index (χ1v) is 5.68. The highest BCUT2D eigenvalue weighted by molar-refractivity contribution is 5.69. The average Bonchev–Trinajstić information content (AvgIpc) is 2.74. The molecule has 0 aliphatic carbocycles. The Bertz CT molecular complexity index is 618. The second-order valence-electron chi connectivity index (χ2n) is 3.74. The van der Waals surface area contributed by atoms with E-state index in [0.29, 0.717) is 11.2 Å². The minimum atomic E-state index is -0.443. The maximum absolute atomic E-state index is 11.6. The number of hydrogen-bond acceptors (Lipinski definition) is 3. The van der Waals surface area contributed by atoms with Gasteiger partial charge in [0.1, 0.15) is 0 Å². The number of nitrogens with zero attached hydrogens (tertiary/aromatic N) is 3. The van der Waals surface area contributed by atoms with Gasteiger partial charge in [0.15, 0.2) is 11.2 Å². The lowest BCUT2D eigenvalue weighted by molar-refractivity contribution is 0.615. The van der Waals surface area contributed by atoms with Crippen molar-refractivity contribution in [2.24, 2.45) is 7.05 Å². The molecule has 0 fully saturated rings. The molecule has 0 aliphatic heterocycles. The van der Waals surface area contributed by atoms with E-state index in [0.717, 1.165) is 0 Å². The van der Waals surface area contributed by atoms with Crippen LogP contribution in [0.5, 0.6) is 0 Å². The molecular weight excluding hydrogens is 220 g/mol. The summed E-state index contributed by atoms with van der Waals surface area (Å²) in [7, 11) is 1.58. The van der Waals surface area contributed by atoms with Crippen molar-refractivity contribution in [3.8, 4) is 0 Å². The van der Waals surface area contributed by atoms with Crippen molar-refractivity contribution in [1.29, 1.82) is 0 Å². The quantitative estimate of drug-likeness (QED) is 0.806. The zero-order valence-corrected chi connectivity index (χ0v) is 10.8. The summed E-state index contributed by atoms with van der Waals surface area (Å²) < 4.78 is 3.07. The molecule has 2 aromatic rings. The van der Waals surface area contributed by atoms with Gasteiger partial charge in [0.05, 0.1) is 6.33 Å². The fourth-order valence-electron chi connectivity index (χ4n) is 1.54. The van der Waals surface area contributed by atoms with Crippen LogP contribution in [0.2, 0.25) is 0 Å². The molecule has 0 amide bonds. The number of nitrogens with one attached hydrogen (secondary N) is 1. The Balaban J connectivity index is 0.000000686. The standard InChI is InChI=1S/C9H12N4O2.C2H6/c1-5(2)13-4-10-7-6(13)8(14)11-9(15)12(7)3;1-2/h4-5H,1-3H3,(H,11,14,15);1-2H3. The molecule has 2 heterocycles. The number of fused-ring (bicyclic) bond motifs is 1. The van der Waals surface area contributed by atoms with Crippen molar-refractivity contribution >= 4 is 11.2 Å². The van der Waals surface area contributed by atoms with E-state index >= 15 is 0 Å². The third-order valence-corrected chi connectivity index (χ3v) is 2.39. The second kappa shape index (κ2) is 4.99. The second-order valence-corrected chi connectivity index (χ2v) is 3.74. The van der Waals surface area contributed by atoms with Gasteiger partial charge in [0.25, 0.3) is 5.56 Å². The SMILES string of the molecule is CC.CC(C)n1cnc2c1c(=O)[nH]c(=O)n2C. The fraction of sp³-hybridized carbons (Fsp3) is 0.545. The van der Waals surface area contributed by atoms with E-state index in [1.807, 2.05) is 27.7 Å². The van der Waals surface area contributed by atoms with E-state index in [-0.39, 0.29) is 11.6 Å². The van der Waals surface area contributed by atoms with Crippen LogP contribution in [0.1, 0.15) is 33.7 Å². The van der Waals surface area contributed by atoms with Crippen LogP contribution in [-0.2, 0) is 7.05 Å². The van der Waals surface area contributed by atoms with Gasteiger partial charge < -0.3 is 4.57 Å². The summed E-state index contributed by atoms with van der Waals surface area (Å²) in [6.07, 6.45) is 1.57. The summed E-state index contributed by atoms with van der Waals surface area (Å²) in [5.41, 5.74) is 0.0188. The molecule has 0 bridgehead atoms. The Labute approximate surface area is 98.9 Å². The predicted octanol–water partition coefficient (Wildman–Crippen LogP) is 1.03. The number of aryl methyl sites for hydroxylation is 1. The summed E-state index contributed by atoms with van der Waals surface area (Å²) >= 11 is 0. The van der Waals surface area contributed by atoms with Crippen LogP contribution in [-0.4, -0.2) is 19.1 Å². The molecular formula is C11H18N4O2. The Morgan fingerprint density at radius 2 is 1.88 bits per heavy atom. The fourth-order valence-corrected chi connectivity index (χ4v) is 1.54. The number of rotatable bonds is 1. The normalized spacial score (nSPS) is 10.5. The van der Waals surface area contributed by atoms with Gasteiger partial charge in [-0.2, -0.15) is 0 Å². The molecule has 1 N–H and O–H groups in total. The van der Waals surface area contributed by atoms with Crippen molar-refractivity contribution in [3.05, 3.63) is 27.2 Å². The first-order valence-electron chi connectivity index (χ1n) is 5.68. The smallest absolute Gasteiger partial charge is 0.322 e. The molecule has 0 aliphatic rings. The molecule has 94 valence electrons. The van der Waals surface area contributed by atoms with E-state index in [2.05, 4.69) is 9.97 Å². The molecule has 0 spiro atoms. The number of H-pyrrole nitrogens is 1. The Morgan fingerprint density at radius 3 is 2.41 bits per heavy atom. The van der Waals surface area contributed by atoms with Crippen molar-refractivity contribution < 1.29 is 0 Å². The van der Waals surface area contributed by atoms with E-state index < -0.39 is 5.69 Å². The minimum Gasteiger partial charge on any atom is -0.322 e. The van der Waals surface area contributed by atoms with Crippen LogP contribution in [0.3, 0.4) is 0 Å². The first-order chi connectivity index (χ1) is 8.02. The molecule has 2 aromatic heterocycles. The lowest BCUT2D eigenvalue weighted by atomic mass is 10.4. The summed E-state index contributed by atoms with van der Waals surface area (Å²) in [6.45, 7) is 7.90. The zero-order chi connectivity index (χ0) is 13.2. The number of aromatic amines is 1. The molecule has 0 unspecified atom stereocenters. The van der Waals surface area contributed by atoms with Crippen molar-refractivity contribution in [2.75, 3.05) is 0 Å². The van der Waals surface area contributed by atoms with Gasteiger partial charge in [0, 0.05) is 13.1 Å². The van der Waals surface area contributed by atoms with Gasteiger partial charge in [-0.1, -0.05) is 13.8 Å². The molecule has 2 rings (SSSR count). The average molecular weight is 238 g/mol. The van der Waals surface area contributed by atoms with E-state index in [1.165, 1.54) is 4.57 Å². The lowest BCUT2D eigenvalue weighted by Gasteiger charge is -2.06. The molecule has 0 radical (unpaired) electrons. The van der Waals surface area contributed by atoms with Gasteiger partial charge in [-0.15, -0.1) is 0 Å². The number of hydrogen-bond donors (Lipinski definition) is 1. The van der Waals surface area contributed by atoms with Crippen molar-refractivity contribution in [3.63, 3.8) is 0 Å². The van der Waals surface area contributed by atoms with Gasteiger partial charge in [-0.3, -0.25) is 14.3 Å². The van der Waals surface area contributed by atoms with Crippen molar-refractivity contribution in [1.82, 2.24) is 19.1 Å². The number of aromatic nitrogens is 4. The van der Waals surface area contributed by atoms with Crippen LogP contribution in [0.25, 0.3) is 11.2 Å². The highest BCUT2D eigenvalue weighted by Crippen LogP contribution is 2.11. The molecule has 0 aromatic carbocycles. The van der Waals surface area contributed by atoms with Crippen LogP contribution < -0.4 is 11.2 Å². The van der Waals surface area contributed by atoms with E-state index in [4.69, 9.17) is 0 Å². The monoisotopic (exact) mass is 238 g/mol. The van der Waals surface area contributed by atoms with Crippen LogP contribution in [0.4, 0.5) is 0 Å². The molecule has 0 atom stereocenters. The summed E-state index contributed by atoms with van der Waals surface area (Å²) in [5.74, 6) is 0. The van der Waals surface area contributed by atoms with Gasteiger partial charge >= 0.3 is 5.69 Å². The van der Waals surface area contributed by atoms with E-state index in [1.54, 1.807) is 17.9 Å². The predicted molar refractivity (Wildman–Crippen MR) is 67.3 cm³/mol. The Hall–Kier alpha value is -1.85. The molecule has 0 saturated carbocycles. The maximum atomic E-state index is 11.6. The lowest BCUT2D eigenvalue weighted by Crippen LogP contribution is -2.29. The van der Waals surface area contributed by atoms with Crippen LogP contribution >= 0.6 is 0 Å². The van der Waals surface area contributed by atoms with Gasteiger partial charge in [-0.25, -0.2) is 9.78 Å². The highest BCUT2D eigenvalue weighted by atomic mass is 16.2.